The molecule has 0 radical (unpaired) electrons. The Morgan fingerprint density at radius 2 is 2.37 bits per heavy atom. The summed E-state index contributed by atoms with van der Waals surface area (Å²) in [6.07, 6.45) is 2.97. The number of carbonyl (C=O) groups excluding carboxylic acids is 1. The first kappa shape index (κ1) is 15.0. The van der Waals surface area contributed by atoms with Crippen LogP contribution in [-0.4, -0.2) is 35.1 Å². The number of carbonyl (C=O) groups is 1. The molecule has 5 heteroatoms. The number of nitrogens with zero attached hydrogens (tertiary/aromatic N) is 1. The summed E-state index contributed by atoms with van der Waals surface area (Å²) in [5, 5.41) is 9.81. The zero-order chi connectivity index (χ0) is 13.8. The van der Waals surface area contributed by atoms with Gasteiger partial charge in [0.05, 0.1) is 9.89 Å². The molecule has 1 aliphatic rings. The number of hydrogen-bond acceptors (Lipinski definition) is 3. The summed E-state index contributed by atoms with van der Waals surface area (Å²) in [4.78, 5) is 15.2. The topological polar surface area (TPSA) is 40.5 Å². The highest BCUT2D eigenvalue weighted by Gasteiger charge is 2.26. The molecule has 2 rings (SSSR count). The van der Waals surface area contributed by atoms with Crippen molar-refractivity contribution in [3.8, 4) is 0 Å². The molecular weight excluding hydrogens is 326 g/mol. The number of piperidine rings is 1. The van der Waals surface area contributed by atoms with E-state index in [0.29, 0.717) is 18.9 Å². The SMILES string of the molecule is CC1CCN(C(=O)CCCc2ccc(Br)s2)CC1O. The number of thiophene rings is 1. The van der Waals surface area contributed by atoms with Crippen LogP contribution in [0.3, 0.4) is 0 Å². The van der Waals surface area contributed by atoms with E-state index in [-0.39, 0.29) is 12.0 Å². The number of likely N-dealkylation sites (tertiary alicyclic amines) is 1. The number of rotatable bonds is 4. The van der Waals surface area contributed by atoms with Crippen LogP contribution in [0.5, 0.6) is 0 Å². The smallest absolute Gasteiger partial charge is 0.222 e. The second kappa shape index (κ2) is 6.86. The van der Waals surface area contributed by atoms with Gasteiger partial charge in [-0.05, 0) is 53.2 Å². The molecule has 0 spiro atoms. The molecule has 1 amide bonds. The normalized spacial score (nSPS) is 23.6. The Morgan fingerprint density at radius 1 is 1.58 bits per heavy atom. The molecular formula is C14H20BrNO2S. The number of halogens is 1. The van der Waals surface area contributed by atoms with Gasteiger partial charge in [-0.15, -0.1) is 11.3 Å². The van der Waals surface area contributed by atoms with Crippen LogP contribution in [0.1, 0.15) is 31.1 Å². The molecule has 1 saturated heterocycles. The lowest BCUT2D eigenvalue weighted by Crippen LogP contribution is -2.45. The molecule has 2 atom stereocenters. The van der Waals surface area contributed by atoms with Gasteiger partial charge in [-0.25, -0.2) is 0 Å². The maximum absolute atomic E-state index is 12.1. The lowest BCUT2D eigenvalue weighted by Gasteiger charge is -2.34. The van der Waals surface area contributed by atoms with Crippen molar-refractivity contribution in [2.45, 2.75) is 38.7 Å². The molecule has 0 aromatic carbocycles. The lowest BCUT2D eigenvalue weighted by molar-refractivity contribution is -0.135. The minimum Gasteiger partial charge on any atom is -0.391 e. The van der Waals surface area contributed by atoms with E-state index in [1.807, 2.05) is 17.9 Å². The van der Waals surface area contributed by atoms with E-state index in [2.05, 4.69) is 22.0 Å². The summed E-state index contributed by atoms with van der Waals surface area (Å²) in [6, 6.07) is 4.15. The van der Waals surface area contributed by atoms with Crippen molar-refractivity contribution >= 4 is 33.2 Å². The van der Waals surface area contributed by atoms with E-state index in [1.54, 1.807) is 11.3 Å². The largest absolute Gasteiger partial charge is 0.391 e. The minimum atomic E-state index is -0.356. The van der Waals surface area contributed by atoms with Crippen LogP contribution in [0.25, 0.3) is 0 Å². The van der Waals surface area contributed by atoms with Crippen molar-refractivity contribution in [3.63, 3.8) is 0 Å². The highest BCUT2D eigenvalue weighted by molar-refractivity contribution is 9.11. The van der Waals surface area contributed by atoms with Gasteiger partial charge in [0.1, 0.15) is 0 Å². The van der Waals surface area contributed by atoms with Gasteiger partial charge in [0, 0.05) is 24.4 Å². The minimum absolute atomic E-state index is 0.182. The number of aryl methyl sites for hydroxylation is 1. The van der Waals surface area contributed by atoms with Crippen molar-refractivity contribution in [1.82, 2.24) is 4.90 Å². The average molecular weight is 346 g/mol. The summed E-state index contributed by atoms with van der Waals surface area (Å²) in [5.74, 6) is 0.495. The van der Waals surface area contributed by atoms with Crippen LogP contribution in [0.4, 0.5) is 0 Å². The molecule has 1 aromatic heterocycles. The van der Waals surface area contributed by atoms with Crippen molar-refractivity contribution in [2.24, 2.45) is 5.92 Å². The molecule has 19 heavy (non-hydrogen) atoms. The van der Waals surface area contributed by atoms with Gasteiger partial charge in [-0.1, -0.05) is 6.92 Å². The molecule has 1 aliphatic heterocycles. The van der Waals surface area contributed by atoms with Crippen molar-refractivity contribution in [2.75, 3.05) is 13.1 Å². The fraction of sp³-hybridized carbons (Fsp3) is 0.643. The molecule has 2 heterocycles. The van der Waals surface area contributed by atoms with E-state index in [4.69, 9.17) is 0 Å². The Bertz CT molecular complexity index is 435. The zero-order valence-electron chi connectivity index (χ0n) is 11.1. The van der Waals surface area contributed by atoms with Crippen molar-refractivity contribution in [1.29, 1.82) is 0 Å². The van der Waals surface area contributed by atoms with Crippen LogP contribution in [0.15, 0.2) is 15.9 Å². The number of β-amino-alcohol motifs (C(OH)–C–C–N with tert-alkyl or cyclic N) is 1. The molecule has 2 unspecified atom stereocenters. The fourth-order valence-corrected chi connectivity index (χ4v) is 3.86. The number of amides is 1. The molecule has 106 valence electrons. The van der Waals surface area contributed by atoms with Gasteiger partial charge >= 0.3 is 0 Å². The third kappa shape index (κ3) is 4.29. The molecule has 0 saturated carbocycles. The number of aliphatic hydroxyl groups is 1. The monoisotopic (exact) mass is 345 g/mol. The van der Waals surface area contributed by atoms with Crippen LogP contribution in [0, 0.1) is 5.92 Å². The summed E-state index contributed by atoms with van der Waals surface area (Å²) < 4.78 is 1.14. The summed E-state index contributed by atoms with van der Waals surface area (Å²) in [5.41, 5.74) is 0. The first-order chi connectivity index (χ1) is 9.06. The van der Waals surface area contributed by atoms with E-state index < -0.39 is 0 Å². The maximum atomic E-state index is 12.1. The van der Waals surface area contributed by atoms with Gasteiger partial charge in [0.15, 0.2) is 0 Å². The zero-order valence-corrected chi connectivity index (χ0v) is 13.5. The fourth-order valence-electron chi connectivity index (χ4n) is 2.33. The Hall–Kier alpha value is -0.390. The van der Waals surface area contributed by atoms with Crippen LogP contribution < -0.4 is 0 Å². The second-order valence-corrected chi connectivity index (χ2v) is 7.78. The quantitative estimate of drug-likeness (QED) is 0.910. The van der Waals surface area contributed by atoms with Gasteiger partial charge in [-0.2, -0.15) is 0 Å². The molecule has 1 fully saturated rings. The van der Waals surface area contributed by atoms with Crippen LogP contribution in [0.2, 0.25) is 0 Å². The second-order valence-electron chi connectivity index (χ2n) is 5.23. The molecule has 0 aliphatic carbocycles. The standard InChI is InChI=1S/C14H20BrNO2S/c1-10-7-8-16(9-12(10)17)14(18)4-2-3-11-5-6-13(15)19-11/h5-6,10,12,17H,2-4,7-9H2,1H3. The van der Waals surface area contributed by atoms with E-state index in [0.717, 1.165) is 29.6 Å². The predicted octanol–water partition coefficient (Wildman–Crippen LogP) is 3.06. The van der Waals surface area contributed by atoms with Gasteiger partial charge in [-0.3, -0.25) is 4.79 Å². The van der Waals surface area contributed by atoms with Crippen molar-refractivity contribution in [3.05, 3.63) is 20.8 Å². The van der Waals surface area contributed by atoms with Crippen LogP contribution >= 0.6 is 27.3 Å². The third-order valence-electron chi connectivity index (χ3n) is 3.71. The van der Waals surface area contributed by atoms with Gasteiger partial charge in [0.25, 0.3) is 0 Å². The molecule has 3 nitrogen and oxygen atoms in total. The van der Waals surface area contributed by atoms with Gasteiger partial charge in [0.2, 0.25) is 5.91 Å². The highest BCUT2D eigenvalue weighted by Crippen LogP contribution is 2.24. The number of aliphatic hydroxyl groups excluding tert-OH is 1. The number of hydrogen-bond donors (Lipinski definition) is 1. The van der Waals surface area contributed by atoms with E-state index in [1.165, 1.54) is 4.88 Å². The Kier molecular flexibility index (Phi) is 5.42. The first-order valence-corrected chi connectivity index (χ1v) is 8.37. The Labute approximate surface area is 126 Å². The molecule has 0 bridgehead atoms. The maximum Gasteiger partial charge on any atom is 0.222 e. The predicted molar refractivity (Wildman–Crippen MR) is 81.3 cm³/mol. The van der Waals surface area contributed by atoms with Crippen molar-refractivity contribution < 1.29 is 9.90 Å². The highest BCUT2D eigenvalue weighted by atomic mass is 79.9. The lowest BCUT2D eigenvalue weighted by atomic mass is 9.96. The average Bonchev–Trinajstić information content (AvgIpc) is 2.78. The van der Waals surface area contributed by atoms with Gasteiger partial charge < -0.3 is 10.0 Å². The Morgan fingerprint density at radius 3 is 3.00 bits per heavy atom. The third-order valence-corrected chi connectivity index (χ3v) is 5.40. The van der Waals surface area contributed by atoms with E-state index >= 15 is 0 Å². The summed E-state index contributed by atoms with van der Waals surface area (Å²) in [7, 11) is 0. The van der Waals surface area contributed by atoms with E-state index in [9.17, 15) is 9.90 Å². The molecule has 1 N–H and O–H groups in total. The summed E-state index contributed by atoms with van der Waals surface area (Å²) in [6.45, 7) is 3.34. The van der Waals surface area contributed by atoms with Crippen LogP contribution in [-0.2, 0) is 11.2 Å². The first-order valence-electron chi connectivity index (χ1n) is 6.76. The Balaban J connectivity index is 1.72. The molecule has 1 aromatic rings. The summed E-state index contributed by atoms with van der Waals surface area (Å²) >= 11 is 5.17.